The molecule has 0 spiro atoms. The fourth-order valence-electron chi connectivity index (χ4n) is 1.58. The van der Waals surface area contributed by atoms with Crippen LogP contribution in [0.1, 0.15) is 11.3 Å². The second-order valence-electron chi connectivity index (χ2n) is 4.00. The molecule has 104 valence electrons. The maximum atomic E-state index is 12.4. The summed E-state index contributed by atoms with van der Waals surface area (Å²) in [7, 11) is -2.25. The van der Waals surface area contributed by atoms with Gasteiger partial charge in [-0.1, -0.05) is 11.6 Å². The molecule has 0 aliphatic heterocycles. The van der Waals surface area contributed by atoms with Gasteiger partial charge in [-0.15, -0.1) is 11.3 Å². The van der Waals surface area contributed by atoms with Gasteiger partial charge in [-0.3, -0.25) is 0 Å². The standard InChI is InChI=1S/C12H10ClN3O2S2/c1-16(6-10-7-19-8-15-10)20(17,18)12-3-2-9(5-14)4-11(12)13/h2-4,7-8H,6H2,1H3. The molecular formula is C12H10ClN3O2S2. The minimum Gasteiger partial charge on any atom is -0.248 e. The summed E-state index contributed by atoms with van der Waals surface area (Å²) >= 11 is 7.35. The molecule has 0 N–H and O–H groups in total. The predicted molar refractivity (Wildman–Crippen MR) is 76.9 cm³/mol. The third-order valence-corrected chi connectivity index (χ3v) is 5.54. The molecule has 0 unspecified atom stereocenters. The Balaban J connectivity index is 2.33. The molecule has 2 aromatic rings. The zero-order valence-electron chi connectivity index (χ0n) is 10.4. The van der Waals surface area contributed by atoms with Crippen LogP contribution in [-0.2, 0) is 16.6 Å². The summed E-state index contributed by atoms with van der Waals surface area (Å²) in [6.07, 6.45) is 0. The van der Waals surface area contributed by atoms with Crippen LogP contribution in [0.15, 0.2) is 34.0 Å². The van der Waals surface area contributed by atoms with Crippen LogP contribution in [-0.4, -0.2) is 24.8 Å². The lowest BCUT2D eigenvalue weighted by Gasteiger charge is -2.17. The van der Waals surface area contributed by atoms with E-state index in [0.29, 0.717) is 11.3 Å². The largest absolute Gasteiger partial charge is 0.248 e. The molecule has 5 nitrogen and oxygen atoms in total. The quantitative estimate of drug-likeness (QED) is 0.864. The lowest BCUT2D eigenvalue weighted by Crippen LogP contribution is -2.26. The summed E-state index contributed by atoms with van der Waals surface area (Å²) in [6.45, 7) is 0.169. The SMILES string of the molecule is CN(Cc1cscn1)S(=O)(=O)c1ccc(C#N)cc1Cl. The van der Waals surface area contributed by atoms with Crippen LogP contribution < -0.4 is 0 Å². The van der Waals surface area contributed by atoms with Gasteiger partial charge in [-0.25, -0.2) is 13.4 Å². The average Bonchev–Trinajstić information content (AvgIpc) is 2.91. The van der Waals surface area contributed by atoms with Crippen molar-refractivity contribution in [3.8, 4) is 6.07 Å². The Kier molecular flexibility index (Phi) is 4.40. The number of thiazole rings is 1. The van der Waals surface area contributed by atoms with E-state index in [1.54, 1.807) is 10.9 Å². The van der Waals surface area contributed by atoms with Crippen molar-refractivity contribution in [2.75, 3.05) is 7.05 Å². The van der Waals surface area contributed by atoms with E-state index in [0.717, 1.165) is 0 Å². The zero-order chi connectivity index (χ0) is 14.8. The highest BCUT2D eigenvalue weighted by molar-refractivity contribution is 7.89. The van der Waals surface area contributed by atoms with Gasteiger partial charge in [0.05, 0.1) is 34.4 Å². The Morgan fingerprint density at radius 1 is 1.50 bits per heavy atom. The normalized spacial score (nSPS) is 11.5. The highest BCUT2D eigenvalue weighted by Gasteiger charge is 2.24. The topological polar surface area (TPSA) is 74.1 Å². The summed E-state index contributed by atoms with van der Waals surface area (Å²) in [4.78, 5) is 4.03. The van der Waals surface area contributed by atoms with E-state index in [1.165, 1.54) is 40.9 Å². The fraction of sp³-hybridized carbons (Fsp3) is 0.167. The Labute approximate surface area is 126 Å². The van der Waals surface area contributed by atoms with Crippen molar-refractivity contribution in [2.24, 2.45) is 0 Å². The Bertz CT molecular complexity index is 752. The van der Waals surface area contributed by atoms with Crippen molar-refractivity contribution in [3.05, 3.63) is 45.4 Å². The van der Waals surface area contributed by atoms with E-state index in [9.17, 15) is 8.42 Å². The molecule has 0 amide bonds. The number of sulfonamides is 1. The van der Waals surface area contributed by atoms with Gasteiger partial charge in [0.2, 0.25) is 10.0 Å². The molecule has 0 atom stereocenters. The number of nitrogens with zero attached hydrogens (tertiary/aromatic N) is 3. The van der Waals surface area contributed by atoms with Gasteiger partial charge in [0.25, 0.3) is 0 Å². The van der Waals surface area contributed by atoms with Crippen LogP contribution in [0.4, 0.5) is 0 Å². The molecule has 0 aliphatic rings. The van der Waals surface area contributed by atoms with Crippen molar-refractivity contribution >= 4 is 33.0 Å². The van der Waals surface area contributed by atoms with Crippen molar-refractivity contribution in [3.63, 3.8) is 0 Å². The summed E-state index contributed by atoms with van der Waals surface area (Å²) in [5.74, 6) is 0. The molecule has 1 heterocycles. The van der Waals surface area contributed by atoms with Gasteiger partial charge in [-0.2, -0.15) is 9.57 Å². The molecule has 0 aliphatic carbocycles. The Hall–Kier alpha value is -1.46. The molecule has 20 heavy (non-hydrogen) atoms. The van der Waals surface area contributed by atoms with Crippen LogP contribution in [0.25, 0.3) is 0 Å². The van der Waals surface area contributed by atoms with Crippen molar-refractivity contribution in [2.45, 2.75) is 11.4 Å². The number of nitriles is 1. The van der Waals surface area contributed by atoms with E-state index in [-0.39, 0.29) is 16.5 Å². The Morgan fingerprint density at radius 3 is 2.80 bits per heavy atom. The predicted octanol–water partition coefficient (Wildman–Crippen LogP) is 2.49. The van der Waals surface area contributed by atoms with Crippen LogP contribution in [0.5, 0.6) is 0 Å². The van der Waals surface area contributed by atoms with Crippen molar-refractivity contribution in [1.29, 1.82) is 5.26 Å². The number of hydrogen-bond acceptors (Lipinski definition) is 5. The minimum absolute atomic E-state index is 0.0177. The highest BCUT2D eigenvalue weighted by Crippen LogP contribution is 2.25. The van der Waals surface area contributed by atoms with E-state index in [2.05, 4.69) is 4.98 Å². The minimum atomic E-state index is -3.71. The first-order valence-corrected chi connectivity index (χ1v) is 8.24. The second-order valence-corrected chi connectivity index (χ2v) is 7.14. The third-order valence-electron chi connectivity index (χ3n) is 2.62. The van der Waals surface area contributed by atoms with Gasteiger partial charge in [0.1, 0.15) is 4.90 Å². The Morgan fingerprint density at radius 2 is 2.25 bits per heavy atom. The first kappa shape index (κ1) is 14.9. The van der Waals surface area contributed by atoms with Crippen molar-refractivity contribution < 1.29 is 8.42 Å². The maximum absolute atomic E-state index is 12.4. The zero-order valence-corrected chi connectivity index (χ0v) is 12.8. The summed E-state index contributed by atoms with van der Waals surface area (Å²) in [6, 6.07) is 6.02. The van der Waals surface area contributed by atoms with Gasteiger partial charge < -0.3 is 0 Å². The number of benzene rings is 1. The van der Waals surface area contributed by atoms with Crippen LogP contribution >= 0.6 is 22.9 Å². The molecule has 1 aromatic heterocycles. The summed E-state index contributed by atoms with van der Waals surface area (Å²) in [5, 5.41) is 10.6. The van der Waals surface area contributed by atoms with E-state index >= 15 is 0 Å². The number of rotatable bonds is 4. The van der Waals surface area contributed by atoms with Gasteiger partial charge in [0.15, 0.2) is 0 Å². The molecule has 0 saturated carbocycles. The molecule has 0 radical (unpaired) electrons. The fourth-order valence-corrected chi connectivity index (χ4v) is 3.78. The number of aromatic nitrogens is 1. The van der Waals surface area contributed by atoms with Crippen LogP contribution in [0.2, 0.25) is 5.02 Å². The smallest absolute Gasteiger partial charge is 0.244 e. The highest BCUT2D eigenvalue weighted by atomic mass is 35.5. The number of hydrogen-bond donors (Lipinski definition) is 0. The monoisotopic (exact) mass is 327 g/mol. The molecule has 0 saturated heterocycles. The summed E-state index contributed by atoms with van der Waals surface area (Å²) in [5.41, 5.74) is 2.63. The maximum Gasteiger partial charge on any atom is 0.244 e. The lowest BCUT2D eigenvalue weighted by molar-refractivity contribution is 0.463. The van der Waals surface area contributed by atoms with E-state index in [1.807, 2.05) is 6.07 Å². The average molecular weight is 328 g/mol. The first-order chi connectivity index (χ1) is 9.45. The summed E-state index contributed by atoms with van der Waals surface area (Å²) < 4.78 is 26.0. The van der Waals surface area contributed by atoms with E-state index in [4.69, 9.17) is 16.9 Å². The molecule has 2 rings (SSSR count). The molecule has 0 bridgehead atoms. The number of halogens is 1. The third kappa shape index (κ3) is 2.99. The molecule has 8 heteroatoms. The van der Waals surface area contributed by atoms with Gasteiger partial charge in [0, 0.05) is 12.4 Å². The molecule has 1 aromatic carbocycles. The van der Waals surface area contributed by atoms with Gasteiger partial charge in [-0.05, 0) is 18.2 Å². The van der Waals surface area contributed by atoms with Crippen LogP contribution in [0, 0.1) is 11.3 Å². The second kappa shape index (κ2) is 5.89. The molecule has 0 fully saturated rings. The van der Waals surface area contributed by atoms with Gasteiger partial charge >= 0.3 is 0 Å². The molecular weight excluding hydrogens is 318 g/mol. The van der Waals surface area contributed by atoms with Crippen LogP contribution in [0.3, 0.4) is 0 Å². The lowest BCUT2D eigenvalue weighted by atomic mass is 10.2. The van der Waals surface area contributed by atoms with E-state index < -0.39 is 10.0 Å². The first-order valence-electron chi connectivity index (χ1n) is 5.48. The van der Waals surface area contributed by atoms with Crippen molar-refractivity contribution in [1.82, 2.24) is 9.29 Å².